The Morgan fingerprint density at radius 2 is 0.645 bits per heavy atom. The molecule has 0 bridgehead atoms. The highest BCUT2D eigenvalue weighted by Crippen LogP contribution is 2.64. The van der Waals surface area contributed by atoms with Gasteiger partial charge in [-0.1, -0.05) is 299 Å². The molecule has 0 fully saturated rings. The van der Waals surface area contributed by atoms with Gasteiger partial charge >= 0.3 is 0 Å². The van der Waals surface area contributed by atoms with Crippen molar-refractivity contribution in [3.05, 3.63) is 395 Å². The van der Waals surface area contributed by atoms with Crippen LogP contribution in [0.1, 0.15) is 69.5 Å². The van der Waals surface area contributed by atoms with Crippen molar-refractivity contribution in [2.75, 3.05) is 14.7 Å². The summed E-state index contributed by atoms with van der Waals surface area (Å²) in [5.74, 6) is 0. The fourth-order valence-electron chi connectivity index (χ4n) is 17.7. The van der Waals surface area contributed by atoms with Gasteiger partial charge in [-0.2, -0.15) is 0 Å². The van der Waals surface area contributed by atoms with Gasteiger partial charge in [-0.05, 0) is 143 Å². The second kappa shape index (κ2) is 20.3. The van der Waals surface area contributed by atoms with Gasteiger partial charge in [0, 0.05) is 61.9 Å². The van der Waals surface area contributed by atoms with E-state index in [4.69, 9.17) is 0 Å². The number of fused-ring (bicyclic) bond motifs is 15. The Balaban J connectivity index is 0.998. The third kappa shape index (κ3) is 7.26. The molecule has 3 aliphatic carbocycles. The number of benzene rings is 14. The first kappa shape index (κ1) is 53.4. The highest BCUT2D eigenvalue weighted by Gasteiger charge is 2.54. The Morgan fingerprint density at radius 3 is 1.08 bits per heavy atom. The van der Waals surface area contributed by atoms with E-state index in [2.05, 4.69) is 368 Å². The maximum Gasteiger partial charge on any atom is 0.252 e. The number of hydrogen-bond donors (Lipinski definition) is 0. The summed E-state index contributed by atoms with van der Waals surface area (Å²) in [5.41, 5.74) is 32.7. The van der Waals surface area contributed by atoms with Crippen LogP contribution in [0.15, 0.2) is 340 Å². The smallest absolute Gasteiger partial charge is 0.252 e. The van der Waals surface area contributed by atoms with E-state index in [1.54, 1.807) is 0 Å². The summed E-state index contributed by atoms with van der Waals surface area (Å²) in [5, 5.41) is 0. The molecule has 436 valence electrons. The van der Waals surface area contributed by atoms with Crippen LogP contribution >= 0.6 is 0 Å². The van der Waals surface area contributed by atoms with Gasteiger partial charge in [-0.25, -0.2) is 0 Å². The highest BCUT2D eigenvalue weighted by molar-refractivity contribution is 7.00. The summed E-state index contributed by atoms with van der Waals surface area (Å²) in [6.07, 6.45) is 0. The van der Waals surface area contributed by atoms with E-state index in [0.29, 0.717) is 0 Å². The minimum absolute atomic E-state index is 0.224. The van der Waals surface area contributed by atoms with Crippen molar-refractivity contribution in [1.29, 1.82) is 0 Å². The zero-order valence-electron chi connectivity index (χ0n) is 51.8. The molecule has 0 saturated heterocycles. The zero-order valence-corrected chi connectivity index (χ0v) is 51.8. The normalized spacial score (nSPS) is 14.8. The van der Waals surface area contributed by atoms with Crippen LogP contribution in [-0.2, 0) is 16.2 Å². The second-order valence-corrected chi connectivity index (χ2v) is 26.1. The van der Waals surface area contributed by atoms with E-state index in [0.717, 1.165) is 39.8 Å². The van der Waals surface area contributed by atoms with Crippen molar-refractivity contribution in [1.82, 2.24) is 0 Å². The molecule has 5 aliphatic rings. The Morgan fingerprint density at radius 1 is 0.290 bits per heavy atom. The van der Waals surface area contributed by atoms with Crippen molar-refractivity contribution in [3.8, 4) is 33.4 Å². The number of rotatable bonds is 9. The maximum absolute atomic E-state index is 2.67. The Bertz CT molecular complexity index is 4970. The SMILES string of the molecule is CC1(C)c2ccccc2-c2c(N(c3ccccc3)c3cc4c5c(c3)N(c3ccccc3)c3c(ccc6c3-c3ccccc3C6(c3ccccc3)c3ccccc3)B5c3ccc5c(c3N4c3ccccc3)-c3ccccc3C5(c3ccccc3)c3ccccc3)cccc21. The van der Waals surface area contributed by atoms with Gasteiger partial charge in [0.25, 0.3) is 6.71 Å². The molecule has 4 heteroatoms. The molecular weight excluding hydrogens is 1120 g/mol. The van der Waals surface area contributed by atoms with Crippen LogP contribution in [0, 0.1) is 0 Å². The molecule has 14 aromatic rings. The predicted molar refractivity (Wildman–Crippen MR) is 387 cm³/mol. The third-order valence-electron chi connectivity index (χ3n) is 21.3. The molecule has 0 radical (unpaired) electrons. The molecule has 0 atom stereocenters. The number of nitrogens with zero attached hydrogens (tertiary/aromatic N) is 3. The lowest BCUT2D eigenvalue weighted by Crippen LogP contribution is -2.61. The molecule has 93 heavy (non-hydrogen) atoms. The maximum atomic E-state index is 2.67. The Labute approximate surface area is 544 Å². The molecule has 0 aromatic heterocycles. The van der Waals surface area contributed by atoms with Crippen molar-refractivity contribution < 1.29 is 0 Å². The van der Waals surface area contributed by atoms with Crippen LogP contribution in [-0.4, -0.2) is 6.71 Å². The topological polar surface area (TPSA) is 9.72 Å². The number of hydrogen-bond acceptors (Lipinski definition) is 3. The lowest BCUT2D eigenvalue weighted by molar-refractivity contribution is 0.660. The molecule has 0 spiro atoms. The monoisotopic (exact) mass is 1180 g/mol. The quantitative estimate of drug-likeness (QED) is 0.133. The van der Waals surface area contributed by atoms with Gasteiger partial charge in [0.2, 0.25) is 0 Å². The lowest BCUT2D eigenvalue weighted by Gasteiger charge is -2.46. The minimum atomic E-state index is -0.641. The molecule has 3 nitrogen and oxygen atoms in total. The van der Waals surface area contributed by atoms with Gasteiger partial charge in [0.1, 0.15) is 0 Å². The molecule has 2 aliphatic heterocycles. The standard InChI is InChI=1S/C89H62BN3/c1-87(2)70-48-27-24-45-67(70)81-73(87)51-30-52-78(81)91(63-39-18-7-19-40-63)66-57-79-84-80(58-66)93(65-43-22-9-23-44-65)86-77(56-54-75-83(86)69-47-26-29-50-72(69)89(75,61-35-14-5-15-36-61)62-37-16-6-17-38-62)90(84)76-55-53-74-82(85(76)92(79)64-41-20-8-21-42-64)68-46-25-28-49-71(68)88(74,59-31-10-3-11-32-59)60-33-12-4-13-34-60/h3-58H,1-2H3. The fourth-order valence-corrected chi connectivity index (χ4v) is 17.7. The predicted octanol–water partition coefficient (Wildman–Crippen LogP) is 20.3. The van der Waals surface area contributed by atoms with Gasteiger partial charge < -0.3 is 14.7 Å². The number of anilines is 9. The molecular formula is C89H62BN3. The zero-order chi connectivity index (χ0) is 61.6. The van der Waals surface area contributed by atoms with Crippen LogP contribution in [0.2, 0.25) is 0 Å². The van der Waals surface area contributed by atoms with Crippen LogP contribution in [0.25, 0.3) is 33.4 Å². The average Bonchev–Trinajstić information content (AvgIpc) is 1.64. The highest BCUT2D eigenvalue weighted by atomic mass is 15.2. The first-order chi connectivity index (χ1) is 46.0. The van der Waals surface area contributed by atoms with Gasteiger partial charge in [-0.3, -0.25) is 0 Å². The van der Waals surface area contributed by atoms with Crippen LogP contribution in [0.5, 0.6) is 0 Å². The van der Waals surface area contributed by atoms with Crippen LogP contribution in [0.4, 0.5) is 51.2 Å². The molecule has 14 aromatic carbocycles. The molecule has 0 saturated carbocycles. The molecule has 2 heterocycles. The summed E-state index contributed by atoms with van der Waals surface area (Å²) >= 11 is 0. The van der Waals surface area contributed by atoms with Crippen molar-refractivity contribution >= 4 is 74.3 Å². The van der Waals surface area contributed by atoms with E-state index in [9.17, 15) is 0 Å². The first-order valence-corrected chi connectivity index (χ1v) is 32.7. The summed E-state index contributed by atoms with van der Waals surface area (Å²) < 4.78 is 0. The van der Waals surface area contributed by atoms with Crippen molar-refractivity contribution in [2.45, 2.75) is 30.1 Å². The van der Waals surface area contributed by atoms with E-state index in [1.165, 1.54) is 117 Å². The Kier molecular flexibility index (Phi) is 11.6. The summed E-state index contributed by atoms with van der Waals surface area (Å²) in [4.78, 5) is 7.90. The molecule has 0 unspecified atom stereocenters. The second-order valence-electron chi connectivity index (χ2n) is 26.1. The lowest BCUT2D eigenvalue weighted by atomic mass is 9.33. The largest absolute Gasteiger partial charge is 0.311 e. The van der Waals surface area contributed by atoms with Gasteiger partial charge in [0.15, 0.2) is 0 Å². The Hall–Kier alpha value is -11.5. The summed E-state index contributed by atoms with van der Waals surface area (Å²) in [7, 11) is 0. The van der Waals surface area contributed by atoms with E-state index in [1.807, 2.05) is 0 Å². The minimum Gasteiger partial charge on any atom is -0.311 e. The van der Waals surface area contributed by atoms with Gasteiger partial charge in [-0.15, -0.1) is 0 Å². The van der Waals surface area contributed by atoms with E-state index >= 15 is 0 Å². The molecule has 19 rings (SSSR count). The van der Waals surface area contributed by atoms with Crippen LogP contribution < -0.4 is 31.1 Å². The van der Waals surface area contributed by atoms with E-state index < -0.39 is 10.8 Å². The fraction of sp³-hybridized carbons (Fsp3) is 0.0562. The van der Waals surface area contributed by atoms with Gasteiger partial charge in [0.05, 0.1) is 22.2 Å². The molecule has 0 N–H and O–H groups in total. The average molecular weight is 1180 g/mol. The summed E-state index contributed by atoms with van der Waals surface area (Å²) in [6.45, 7) is 4.56. The molecule has 0 amide bonds. The number of para-hydroxylation sites is 3. The van der Waals surface area contributed by atoms with Crippen molar-refractivity contribution in [2.24, 2.45) is 0 Å². The van der Waals surface area contributed by atoms with Crippen molar-refractivity contribution in [3.63, 3.8) is 0 Å². The van der Waals surface area contributed by atoms with E-state index in [-0.39, 0.29) is 12.1 Å². The third-order valence-corrected chi connectivity index (χ3v) is 21.3. The summed E-state index contributed by atoms with van der Waals surface area (Å²) in [6, 6.07) is 129. The first-order valence-electron chi connectivity index (χ1n) is 32.7. The van der Waals surface area contributed by atoms with Crippen LogP contribution in [0.3, 0.4) is 0 Å².